The summed E-state index contributed by atoms with van der Waals surface area (Å²) in [5.74, 6) is 0.146. The molecule has 1 amide bonds. The summed E-state index contributed by atoms with van der Waals surface area (Å²) in [6.45, 7) is 7.21. The highest BCUT2D eigenvalue weighted by Gasteiger charge is 2.28. The van der Waals surface area contributed by atoms with Crippen molar-refractivity contribution in [3.05, 3.63) is 0 Å². The Balaban J connectivity index is 2.56. The Morgan fingerprint density at radius 3 is 2.59 bits per heavy atom. The molecule has 0 aromatic rings. The first-order valence-electron chi connectivity index (χ1n) is 6.61. The Labute approximate surface area is 105 Å². The van der Waals surface area contributed by atoms with Gasteiger partial charge in [0.25, 0.3) is 0 Å². The van der Waals surface area contributed by atoms with Crippen LogP contribution in [0.25, 0.3) is 0 Å². The summed E-state index contributed by atoms with van der Waals surface area (Å²) in [6, 6.07) is 0.380. The number of carbonyl (C=O) groups is 1. The van der Waals surface area contributed by atoms with E-state index < -0.39 is 0 Å². The van der Waals surface area contributed by atoms with Crippen molar-refractivity contribution in [2.75, 3.05) is 20.1 Å². The topological polar surface area (TPSA) is 43.8 Å². The van der Waals surface area contributed by atoms with Crippen molar-refractivity contribution in [1.82, 2.24) is 9.80 Å². The van der Waals surface area contributed by atoms with Crippen molar-refractivity contribution in [1.29, 1.82) is 0 Å². The van der Waals surface area contributed by atoms with Crippen LogP contribution in [0.2, 0.25) is 0 Å². The highest BCUT2D eigenvalue weighted by atomic mass is 16.3. The maximum absolute atomic E-state index is 12.0. The van der Waals surface area contributed by atoms with E-state index in [-0.39, 0.29) is 24.1 Å². The molecule has 1 rings (SSSR count). The Hall–Kier alpha value is -0.610. The maximum atomic E-state index is 12.0. The average molecular weight is 242 g/mol. The second kappa shape index (κ2) is 6.36. The first-order chi connectivity index (χ1) is 7.93. The molecule has 0 aromatic carbocycles. The molecule has 1 heterocycles. The first-order valence-corrected chi connectivity index (χ1v) is 6.61. The molecule has 1 aliphatic heterocycles. The predicted octanol–water partition coefficient (Wildman–Crippen LogP) is 1.09. The molecule has 1 saturated heterocycles. The van der Waals surface area contributed by atoms with Crippen LogP contribution >= 0.6 is 0 Å². The molecule has 2 atom stereocenters. The Kier molecular flexibility index (Phi) is 5.40. The maximum Gasteiger partial charge on any atom is 0.236 e. The van der Waals surface area contributed by atoms with Crippen LogP contribution in [0, 0.1) is 0 Å². The third-order valence-electron chi connectivity index (χ3n) is 3.73. The van der Waals surface area contributed by atoms with E-state index in [1.807, 2.05) is 27.8 Å². The number of hydrogen-bond acceptors (Lipinski definition) is 3. The van der Waals surface area contributed by atoms with Crippen LogP contribution in [-0.2, 0) is 4.79 Å². The largest absolute Gasteiger partial charge is 0.392 e. The van der Waals surface area contributed by atoms with Gasteiger partial charge in [-0.3, -0.25) is 9.69 Å². The molecule has 0 saturated carbocycles. The molecular weight excluding hydrogens is 216 g/mol. The summed E-state index contributed by atoms with van der Waals surface area (Å²) in [5.41, 5.74) is 0. The third-order valence-corrected chi connectivity index (χ3v) is 3.73. The van der Waals surface area contributed by atoms with E-state index in [0.717, 1.165) is 25.8 Å². The van der Waals surface area contributed by atoms with Gasteiger partial charge in [-0.15, -0.1) is 0 Å². The van der Waals surface area contributed by atoms with E-state index in [4.69, 9.17) is 0 Å². The summed E-state index contributed by atoms with van der Waals surface area (Å²) in [6.07, 6.45) is 2.92. The molecule has 17 heavy (non-hydrogen) atoms. The van der Waals surface area contributed by atoms with Gasteiger partial charge < -0.3 is 10.0 Å². The van der Waals surface area contributed by atoms with E-state index in [2.05, 4.69) is 4.90 Å². The van der Waals surface area contributed by atoms with E-state index in [1.165, 1.54) is 0 Å². The van der Waals surface area contributed by atoms with Crippen molar-refractivity contribution in [3.8, 4) is 0 Å². The van der Waals surface area contributed by atoms with Crippen LogP contribution in [-0.4, -0.2) is 59.1 Å². The van der Waals surface area contributed by atoms with Gasteiger partial charge in [0, 0.05) is 19.1 Å². The molecule has 0 aromatic heterocycles. The second-order valence-electron chi connectivity index (χ2n) is 5.37. The fraction of sp³-hybridized carbons (Fsp3) is 0.923. The van der Waals surface area contributed by atoms with Gasteiger partial charge in [0.1, 0.15) is 0 Å². The molecule has 0 bridgehead atoms. The lowest BCUT2D eigenvalue weighted by atomic mass is 9.98. The quantitative estimate of drug-likeness (QED) is 0.802. The zero-order chi connectivity index (χ0) is 13.0. The van der Waals surface area contributed by atoms with Crippen molar-refractivity contribution in [2.24, 2.45) is 0 Å². The standard InChI is InChI=1S/C13H26N2O2/c1-10(2)14(4)13(17)9-15-8-6-5-7-12(15)11(3)16/h10-12,16H,5-9H2,1-4H3/t11-,12-/m0/s1. The molecule has 4 nitrogen and oxygen atoms in total. The van der Waals surface area contributed by atoms with Gasteiger partial charge in [0.2, 0.25) is 5.91 Å². The molecule has 0 aliphatic carbocycles. The van der Waals surface area contributed by atoms with E-state index in [9.17, 15) is 9.90 Å². The van der Waals surface area contributed by atoms with Gasteiger partial charge >= 0.3 is 0 Å². The third kappa shape index (κ3) is 3.96. The lowest BCUT2D eigenvalue weighted by molar-refractivity contribution is -0.134. The first kappa shape index (κ1) is 14.5. The number of nitrogens with zero attached hydrogens (tertiary/aromatic N) is 2. The van der Waals surface area contributed by atoms with Crippen molar-refractivity contribution >= 4 is 5.91 Å². The van der Waals surface area contributed by atoms with Crippen molar-refractivity contribution < 1.29 is 9.90 Å². The average Bonchev–Trinajstić information content (AvgIpc) is 2.28. The minimum Gasteiger partial charge on any atom is -0.392 e. The zero-order valence-corrected chi connectivity index (χ0v) is 11.5. The van der Waals surface area contributed by atoms with Crippen LogP contribution in [0.15, 0.2) is 0 Å². The van der Waals surface area contributed by atoms with E-state index >= 15 is 0 Å². The van der Waals surface area contributed by atoms with Crippen LogP contribution in [0.1, 0.15) is 40.0 Å². The fourth-order valence-electron chi connectivity index (χ4n) is 2.33. The highest BCUT2D eigenvalue weighted by molar-refractivity contribution is 5.78. The molecule has 1 N–H and O–H groups in total. The van der Waals surface area contributed by atoms with Crippen molar-refractivity contribution in [2.45, 2.75) is 58.2 Å². The zero-order valence-electron chi connectivity index (χ0n) is 11.5. The lowest BCUT2D eigenvalue weighted by Crippen LogP contribution is -2.50. The fourth-order valence-corrected chi connectivity index (χ4v) is 2.33. The molecule has 0 radical (unpaired) electrons. The number of carbonyl (C=O) groups excluding carboxylic acids is 1. The molecule has 0 unspecified atom stereocenters. The Morgan fingerprint density at radius 1 is 1.41 bits per heavy atom. The van der Waals surface area contributed by atoms with E-state index in [0.29, 0.717) is 6.54 Å². The van der Waals surface area contributed by atoms with Crippen LogP contribution in [0.5, 0.6) is 0 Å². The number of aliphatic hydroxyl groups excluding tert-OH is 1. The lowest BCUT2D eigenvalue weighted by Gasteiger charge is -2.38. The number of likely N-dealkylation sites (N-methyl/N-ethyl adjacent to an activating group) is 1. The summed E-state index contributed by atoms with van der Waals surface area (Å²) in [4.78, 5) is 15.9. The number of piperidine rings is 1. The van der Waals surface area contributed by atoms with Gasteiger partial charge in [0.15, 0.2) is 0 Å². The molecule has 100 valence electrons. The van der Waals surface area contributed by atoms with Crippen molar-refractivity contribution in [3.63, 3.8) is 0 Å². The monoisotopic (exact) mass is 242 g/mol. The Bertz CT molecular complexity index is 254. The minimum absolute atomic E-state index is 0.146. The number of likely N-dealkylation sites (tertiary alicyclic amines) is 1. The van der Waals surface area contributed by atoms with E-state index in [1.54, 1.807) is 4.90 Å². The molecule has 1 fully saturated rings. The number of hydrogen-bond donors (Lipinski definition) is 1. The number of aliphatic hydroxyl groups is 1. The minimum atomic E-state index is -0.354. The van der Waals surface area contributed by atoms with Crippen LogP contribution in [0.3, 0.4) is 0 Å². The van der Waals surface area contributed by atoms with Crippen LogP contribution in [0.4, 0.5) is 0 Å². The van der Waals surface area contributed by atoms with Gasteiger partial charge in [-0.25, -0.2) is 0 Å². The number of rotatable bonds is 4. The molecular formula is C13H26N2O2. The molecule has 4 heteroatoms. The van der Waals surface area contributed by atoms with Crippen LogP contribution < -0.4 is 0 Å². The van der Waals surface area contributed by atoms with Gasteiger partial charge in [-0.05, 0) is 40.2 Å². The smallest absolute Gasteiger partial charge is 0.236 e. The highest BCUT2D eigenvalue weighted by Crippen LogP contribution is 2.19. The number of amides is 1. The van der Waals surface area contributed by atoms with Gasteiger partial charge in [-0.2, -0.15) is 0 Å². The molecule has 1 aliphatic rings. The second-order valence-corrected chi connectivity index (χ2v) is 5.37. The SMILES string of the molecule is CC(C)N(C)C(=O)CN1CCCC[C@H]1[C@H](C)O. The molecule has 0 spiro atoms. The summed E-state index contributed by atoms with van der Waals surface area (Å²) in [7, 11) is 1.84. The normalized spacial score (nSPS) is 23.8. The summed E-state index contributed by atoms with van der Waals surface area (Å²) in [5, 5.41) is 9.74. The van der Waals surface area contributed by atoms with Gasteiger partial charge in [-0.1, -0.05) is 6.42 Å². The summed E-state index contributed by atoms with van der Waals surface area (Å²) >= 11 is 0. The van der Waals surface area contributed by atoms with Gasteiger partial charge in [0.05, 0.1) is 12.6 Å². The predicted molar refractivity (Wildman–Crippen MR) is 68.8 cm³/mol. The Morgan fingerprint density at radius 2 is 2.06 bits per heavy atom. The summed E-state index contributed by atoms with van der Waals surface area (Å²) < 4.78 is 0.